The number of carbonyl (C=O) groups is 1. The molecule has 0 bridgehead atoms. The number of allylic oxidation sites excluding steroid dienone is 1. The predicted molar refractivity (Wildman–Crippen MR) is 70.2 cm³/mol. The molecule has 1 aromatic heterocycles. The molecule has 0 aliphatic carbocycles. The molecule has 0 aliphatic heterocycles. The Morgan fingerprint density at radius 2 is 2.11 bits per heavy atom. The Kier molecular flexibility index (Phi) is 4.35. The van der Waals surface area contributed by atoms with Crippen LogP contribution in [0, 0.1) is 13.8 Å². The minimum Gasteiger partial charge on any atom is -0.466 e. The third-order valence-corrected chi connectivity index (χ3v) is 2.65. The Morgan fingerprint density at radius 3 is 2.56 bits per heavy atom. The lowest BCUT2D eigenvalue weighted by atomic mass is 9.96. The quantitative estimate of drug-likeness (QED) is 0.806. The first kappa shape index (κ1) is 14.5. The van der Waals surface area contributed by atoms with Crippen molar-refractivity contribution in [1.82, 2.24) is 5.32 Å². The van der Waals surface area contributed by atoms with E-state index in [1.54, 1.807) is 19.9 Å². The smallest absolute Gasteiger partial charge is 0.244 e. The summed E-state index contributed by atoms with van der Waals surface area (Å²) in [5.74, 6) is 1.22. The lowest BCUT2D eigenvalue weighted by Gasteiger charge is -2.23. The lowest BCUT2D eigenvalue weighted by molar-refractivity contribution is -0.117. The third kappa shape index (κ3) is 3.74. The van der Waals surface area contributed by atoms with Gasteiger partial charge in [0.15, 0.2) is 0 Å². The summed E-state index contributed by atoms with van der Waals surface area (Å²) in [6, 6.07) is 1.79. The second-order valence-electron chi connectivity index (χ2n) is 5.04. The molecule has 4 nitrogen and oxygen atoms in total. The second kappa shape index (κ2) is 5.40. The molecule has 1 heterocycles. The first-order valence-corrected chi connectivity index (χ1v) is 5.95. The summed E-state index contributed by atoms with van der Waals surface area (Å²) < 4.78 is 5.39. The average molecular weight is 251 g/mol. The van der Waals surface area contributed by atoms with Crippen molar-refractivity contribution in [3.63, 3.8) is 0 Å². The fourth-order valence-corrected chi connectivity index (χ4v) is 1.83. The van der Waals surface area contributed by atoms with Gasteiger partial charge in [0.25, 0.3) is 0 Å². The van der Waals surface area contributed by atoms with Crippen molar-refractivity contribution in [2.75, 3.05) is 6.54 Å². The third-order valence-electron chi connectivity index (χ3n) is 2.65. The maximum absolute atomic E-state index is 11.5. The zero-order valence-electron chi connectivity index (χ0n) is 11.6. The van der Waals surface area contributed by atoms with Crippen molar-refractivity contribution in [3.05, 3.63) is 34.8 Å². The van der Waals surface area contributed by atoms with Gasteiger partial charge in [0.1, 0.15) is 17.1 Å². The van der Waals surface area contributed by atoms with Crippen LogP contribution in [0.25, 0.3) is 0 Å². The highest BCUT2D eigenvalue weighted by Crippen LogP contribution is 2.26. The molecule has 0 saturated carbocycles. The zero-order valence-corrected chi connectivity index (χ0v) is 11.6. The molecule has 2 N–H and O–H groups in total. The maximum Gasteiger partial charge on any atom is 0.244 e. The molecule has 1 aromatic rings. The Hall–Kier alpha value is -1.55. The molecular formula is C14H21NO3. The minimum absolute atomic E-state index is 0.148. The van der Waals surface area contributed by atoms with Crippen LogP contribution >= 0.6 is 0 Å². The van der Waals surface area contributed by atoms with Crippen molar-refractivity contribution in [3.8, 4) is 0 Å². The molecule has 0 aromatic carbocycles. The Labute approximate surface area is 108 Å². The van der Waals surface area contributed by atoms with Crippen LogP contribution in [0.15, 0.2) is 22.1 Å². The number of amides is 1. The van der Waals surface area contributed by atoms with Gasteiger partial charge in [-0.1, -0.05) is 5.57 Å². The molecule has 0 saturated heterocycles. The molecule has 0 radical (unpaired) electrons. The first-order chi connectivity index (χ1) is 8.22. The number of aliphatic hydroxyl groups is 1. The summed E-state index contributed by atoms with van der Waals surface area (Å²) in [4.78, 5) is 11.5. The van der Waals surface area contributed by atoms with E-state index in [0.29, 0.717) is 11.3 Å². The topological polar surface area (TPSA) is 62.5 Å². The molecule has 1 atom stereocenters. The summed E-state index contributed by atoms with van der Waals surface area (Å²) in [6.07, 6.45) is 1.50. The summed E-state index contributed by atoms with van der Waals surface area (Å²) in [5.41, 5.74) is 0.493. The fraction of sp³-hybridized carbons (Fsp3) is 0.500. The van der Waals surface area contributed by atoms with E-state index in [0.717, 1.165) is 11.3 Å². The Bertz CT molecular complexity index is 465. The highest BCUT2D eigenvalue weighted by atomic mass is 16.3. The van der Waals surface area contributed by atoms with Crippen molar-refractivity contribution >= 4 is 5.91 Å². The van der Waals surface area contributed by atoms with Gasteiger partial charge in [-0.25, -0.2) is 0 Å². The van der Waals surface area contributed by atoms with Crippen LogP contribution in [0.5, 0.6) is 0 Å². The standard InChI is InChI=1S/C14H21NO3/c1-9(2)6-13(16)15-8-14(5,17)12-7-10(3)18-11(12)4/h6-7,17H,8H2,1-5H3,(H,15,16). The van der Waals surface area contributed by atoms with E-state index in [1.807, 2.05) is 20.8 Å². The monoisotopic (exact) mass is 251 g/mol. The van der Waals surface area contributed by atoms with Gasteiger partial charge in [0.2, 0.25) is 5.91 Å². The SMILES string of the molecule is CC(C)=CC(=O)NCC(C)(O)c1cc(C)oc1C. The minimum atomic E-state index is -1.13. The van der Waals surface area contributed by atoms with Gasteiger partial charge in [-0.05, 0) is 40.7 Å². The van der Waals surface area contributed by atoms with Gasteiger partial charge < -0.3 is 14.8 Å². The summed E-state index contributed by atoms with van der Waals surface area (Å²) in [5, 5.41) is 13.0. The van der Waals surface area contributed by atoms with E-state index in [-0.39, 0.29) is 12.5 Å². The summed E-state index contributed by atoms with van der Waals surface area (Å²) in [7, 11) is 0. The predicted octanol–water partition coefficient (Wildman–Crippen LogP) is 2.19. The van der Waals surface area contributed by atoms with Crippen LogP contribution in [0.1, 0.15) is 37.9 Å². The molecule has 1 rings (SSSR count). The normalized spacial score (nSPS) is 13.9. The van der Waals surface area contributed by atoms with Gasteiger partial charge >= 0.3 is 0 Å². The van der Waals surface area contributed by atoms with Gasteiger partial charge in [0.05, 0.1) is 6.54 Å². The van der Waals surface area contributed by atoms with Crippen LogP contribution in [-0.4, -0.2) is 17.6 Å². The van der Waals surface area contributed by atoms with Crippen LogP contribution < -0.4 is 5.32 Å². The number of nitrogens with one attached hydrogen (secondary N) is 1. The van der Waals surface area contributed by atoms with Crippen LogP contribution in [-0.2, 0) is 10.4 Å². The molecule has 4 heteroatoms. The van der Waals surface area contributed by atoms with Crippen LogP contribution in [0.4, 0.5) is 0 Å². The van der Waals surface area contributed by atoms with Gasteiger partial charge in [0, 0.05) is 11.6 Å². The van der Waals surface area contributed by atoms with Gasteiger partial charge in [-0.3, -0.25) is 4.79 Å². The van der Waals surface area contributed by atoms with Crippen molar-refractivity contribution in [1.29, 1.82) is 0 Å². The van der Waals surface area contributed by atoms with Crippen LogP contribution in [0.3, 0.4) is 0 Å². The van der Waals surface area contributed by atoms with E-state index >= 15 is 0 Å². The van der Waals surface area contributed by atoms with E-state index < -0.39 is 5.60 Å². The molecular weight excluding hydrogens is 230 g/mol. The fourth-order valence-electron chi connectivity index (χ4n) is 1.83. The van der Waals surface area contributed by atoms with Crippen LogP contribution in [0.2, 0.25) is 0 Å². The average Bonchev–Trinajstić information content (AvgIpc) is 2.55. The highest BCUT2D eigenvalue weighted by Gasteiger charge is 2.27. The summed E-state index contributed by atoms with van der Waals surface area (Å²) in [6.45, 7) is 9.13. The van der Waals surface area contributed by atoms with Gasteiger partial charge in [-0.15, -0.1) is 0 Å². The Balaban J connectivity index is 2.74. The van der Waals surface area contributed by atoms with E-state index in [2.05, 4.69) is 5.32 Å². The van der Waals surface area contributed by atoms with E-state index in [9.17, 15) is 9.90 Å². The molecule has 0 fully saturated rings. The van der Waals surface area contributed by atoms with Gasteiger partial charge in [-0.2, -0.15) is 0 Å². The second-order valence-corrected chi connectivity index (χ2v) is 5.04. The molecule has 18 heavy (non-hydrogen) atoms. The van der Waals surface area contributed by atoms with Crippen molar-refractivity contribution < 1.29 is 14.3 Å². The number of carbonyl (C=O) groups excluding carboxylic acids is 1. The number of aryl methyl sites for hydroxylation is 2. The zero-order chi connectivity index (χ0) is 13.9. The molecule has 0 aliphatic rings. The molecule has 100 valence electrons. The highest BCUT2D eigenvalue weighted by molar-refractivity contribution is 5.88. The Morgan fingerprint density at radius 1 is 1.50 bits per heavy atom. The van der Waals surface area contributed by atoms with E-state index in [1.165, 1.54) is 6.08 Å². The number of rotatable bonds is 4. The maximum atomic E-state index is 11.5. The summed E-state index contributed by atoms with van der Waals surface area (Å²) >= 11 is 0. The lowest BCUT2D eigenvalue weighted by Crippen LogP contribution is -2.38. The van der Waals surface area contributed by atoms with E-state index in [4.69, 9.17) is 4.42 Å². The largest absolute Gasteiger partial charge is 0.466 e. The molecule has 1 unspecified atom stereocenters. The number of furan rings is 1. The number of hydrogen-bond donors (Lipinski definition) is 2. The molecule has 0 spiro atoms. The molecule has 1 amide bonds. The van der Waals surface area contributed by atoms with Crippen molar-refractivity contribution in [2.24, 2.45) is 0 Å². The van der Waals surface area contributed by atoms with Crippen molar-refractivity contribution in [2.45, 2.75) is 40.2 Å². The number of hydrogen-bond acceptors (Lipinski definition) is 3. The first-order valence-electron chi connectivity index (χ1n) is 5.95.